The monoisotopic (exact) mass is 341 g/mol. The first kappa shape index (κ1) is 13.4. The third-order valence-corrected chi connectivity index (χ3v) is 5.34. The predicted molar refractivity (Wildman–Crippen MR) is 81.3 cm³/mol. The lowest BCUT2D eigenvalue weighted by Crippen LogP contribution is -2.20. The van der Waals surface area contributed by atoms with Crippen molar-refractivity contribution >= 4 is 39.1 Å². The highest BCUT2D eigenvalue weighted by Gasteiger charge is 2.40. The first-order valence-electron chi connectivity index (χ1n) is 6.86. The van der Waals surface area contributed by atoms with E-state index < -0.39 is 0 Å². The Morgan fingerprint density at radius 2 is 2.21 bits per heavy atom. The lowest BCUT2D eigenvalue weighted by atomic mass is 9.86. The molecule has 2 nitrogen and oxygen atoms in total. The van der Waals surface area contributed by atoms with E-state index in [4.69, 9.17) is 11.6 Å². The summed E-state index contributed by atoms with van der Waals surface area (Å²) < 4.78 is 0.920. The lowest BCUT2D eigenvalue weighted by molar-refractivity contribution is -0.117. The summed E-state index contributed by atoms with van der Waals surface area (Å²) in [6.45, 7) is 0. The van der Waals surface area contributed by atoms with Crippen molar-refractivity contribution in [3.05, 3.63) is 27.7 Å². The summed E-state index contributed by atoms with van der Waals surface area (Å²) in [5, 5.41) is 3.51. The molecule has 0 aliphatic heterocycles. The summed E-state index contributed by atoms with van der Waals surface area (Å²) in [5.74, 6) is 2.37. The molecule has 102 valence electrons. The topological polar surface area (TPSA) is 29.1 Å². The van der Waals surface area contributed by atoms with Gasteiger partial charge in [0.2, 0.25) is 5.91 Å². The van der Waals surface area contributed by atoms with Crippen LogP contribution in [0.15, 0.2) is 22.7 Å². The second-order valence-electron chi connectivity index (χ2n) is 5.81. The molecule has 0 aromatic heterocycles. The van der Waals surface area contributed by atoms with Crippen molar-refractivity contribution in [3.8, 4) is 0 Å². The Balaban J connectivity index is 1.59. The van der Waals surface area contributed by atoms with Crippen molar-refractivity contribution in [1.29, 1.82) is 0 Å². The van der Waals surface area contributed by atoms with Gasteiger partial charge >= 0.3 is 0 Å². The number of fused-ring (bicyclic) bond motifs is 2. The Morgan fingerprint density at radius 1 is 1.37 bits per heavy atom. The summed E-state index contributed by atoms with van der Waals surface area (Å²) in [6.07, 6.45) is 5.93. The summed E-state index contributed by atoms with van der Waals surface area (Å²) in [4.78, 5) is 12.1. The maximum atomic E-state index is 12.1. The molecule has 2 bridgehead atoms. The molecule has 1 aromatic carbocycles. The Kier molecular flexibility index (Phi) is 3.86. The van der Waals surface area contributed by atoms with Gasteiger partial charge in [-0.3, -0.25) is 4.79 Å². The zero-order valence-electron chi connectivity index (χ0n) is 10.7. The fourth-order valence-corrected chi connectivity index (χ4v) is 4.38. The summed E-state index contributed by atoms with van der Waals surface area (Å²) >= 11 is 9.47. The molecule has 0 saturated heterocycles. The number of anilines is 1. The van der Waals surface area contributed by atoms with E-state index >= 15 is 0 Å². The van der Waals surface area contributed by atoms with E-state index in [1.54, 1.807) is 6.07 Å². The van der Waals surface area contributed by atoms with Gasteiger partial charge in [-0.15, -0.1) is 0 Å². The van der Waals surface area contributed by atoms with Crippen LogP contribution in [0, 0.1) is 17.8 Å². The van der Waals surface area contributed by atoms with Gasteiger partial charge in [-0.25, -0.2) is 0 Å². The fraction of sp³-hybridized carbons (Fsp3) is 0.533. The molecule has 0 radical (unpaired) electrons. The number of hydrogen-bond acceptors (Lipinski definition) is 1. The number of nitrogens with one attached hydrogen (secondary N) is 1. The first-order chi connectivity index (χ1) is 9.11. The zero-order valence-corrected chi connectivity index (χ0v) is 13.0. The third kappa shape index (κ3) is 2.97. The largest absolute Gasteiger partial charge is 0.325 e. The van der Waals surface area contributed by atoms with Crippen molar-refractivity contribution in [2.24, 2.45) is 17.8 Å². The molecular weight excluding hydrogens is 326 g/mol. The molecule has 2 aliphatic rings. The van der Waals surface area contributed by atoms with E-state index in [-0.39, 0.29) is 5.91 Å². The second-order valence-corrected chi connectivity index (χ2v) is 7.13. The highest BCUT2D eigenvalue weighted by molar-refractivity contribution is 9.10. The SMILES string of the molecule is O=C(C[C@H]1C[C@H]2CC[C@H]1C2)Nc1ccc(Br)cc1Cl. The van der Waals surface area contributed by atoms with Gasteiger partial charge < -0.3 is 5.32 Å². The first-order valence-corrected chi connectivity index (χ1v) is 8.04. The van der Waals surface area contributed by atoms with Crippen LogP contribution >= 0.6 is 27.5 Å². The van der Waals surface area contributed by atoms with Crippen LogP contribution in [0.25, 0.3) is 0 Å². The number of carbonyl (C=O) groups excluding carboxylic acids is 1. The van der Waals surface area contributed by atoms with Gasteiger partial charge in [0.25, 0.3) is 0 Å². The van der Waals surface area contributed by atoms with E-state index in [9.17, 15) is 4.79 Å². The minimum atomic E-state index is 0.0989. The van der Waals surface area contributed by atoms with Gasteiger partial charge in [-0.1, -0.05) is 34.0 Å². The zero-order chi connectivity index (χ0) is 13.4. The van der Waals surface area contributed by atoms with Gasteiger partial charge in [0.05, 0.1) is 10.7 Å². The molecule has 0 spiro atoms. The Morgan fingerprint density at radius 3 is 2.84 bits per heavy atom. The number of carbonyl (C=O) groups is 1. The average molecular weight is 343 g/mol. The van der Waals surface area contributed by atoms with Crippen molar-refractivity contribution in [3.63, 3.8) is 0 Å². The van der Waals surface area contributed by atoms with E-state index in [2.05, 4.69) is 21.2 Å². The average Bonchev–Trinajstić information content (AvgIpc) is 2.95. The molecule has 3 rings (SSSR count). The summed E-state index contributed by atoms with van der Waals surface area (Å²) in [5.41, 5.74) is 0.707. The molecule has 1 amide bonds. The van der Waals surface area contributed by atoms with Crippen LogP contribution in [0.5, 0.6) is 0 Å². The number of hydrogen-bond donors (Lipinski definition) is 1. The maximum absolute atomic E-state index is 12.1. The van der Waals surface area contributed by atoms with Gasteiger partial charge in [-0.05, 0) is 55.2 Å². The molecule has 0 heterocycles. The highest BCUT2D eigenvalue weighted by atomic mass is 79.9. The Bertz CT molecular complexity index is 505. The Hall–Kier alpha value is -0.540. The quantitative estimate of drug-likeness (QED) is 0.834. The van der Waals surface area contributed by atoms with E-state index in [1.807, 2.05) is 12.1 Å². The second kappa shape index (κ2) is 5.45. The fourth-order valence-electron chi connectivity index (χ4n) is 3.66. The van der Waals surface area contributed by atoms with E-state index in [0.717, 1.165) is 16.3 Å². The van der Waals surface area contributed by atoms with Crippen LogP contribution < -0.4 is 5.32 Å². The minimum Gasteiger partial charge on any atom is -0.325 e. The number of halogens is 2. The minimum absolute atomic E-state index is 0.0989. The van der Waals surface area contributed by atoms with Crippen molar-refractivity contribution in [2.75, 3.05) is 5.32 Å². The van der Waals surface area contributed by atoms with Crippen LogP contribution in [-0.2, 0) is 4.79 Å². The highest BCUT2D eigenvalue weighted by Crippen LogP contribution is 2.49. The smallest absolute Gasteiger partial charge is 0.224 e. The molecule has 4 heteroatoms. The van der Waals surface area contributed by atoms with E-state index in [0.29, 0.717) is 23.0 Å². The van der Waals surface area contributed by atoms with Crippen LogP contribution in [-0.4, -0.2) is 5.91 Å². The number of rotatable bonds is 3. The molecular formula is C15H17BrClNO. The molecule has 2 aliphatic carbocycles. The van der Waals surface area contributed by atoms with Crippen LogP contribution in [0.2, 0.25) is 5.02 Å². The van der Waals surface area contributed by atoms with Crippen molar-refractivity contribution in [1.82, 2.24) is 0 Å². The standard InChI is InChI=1S/C15H17BrClNO/c16-12-3-4-14(13(17)8-12)18-15(19)7-11-6-9-1-2-10(11)5-9/h3-4,8-11H,1-2,5-7H2,(H,18,19)/t9-,10-,11+/m0/s1. The summed E-state index contributed by atoms with van der Waals surface area (Å²) in [7, 11) is 0. The van der Waals surface area contributed by atoms with Crippen LogP contribution in [0.3, 0.4) is 0 Å². The molecule has 2 fully saturated rings. The third-order valence-electron chi connectivity index (χ3n) is 4.54. The van der Waals surface area contributed by atoms with Gasteiger partial charge in [0.15, 0.2) is 0 Å². The lowest BCUT2D eigenvalue weighted by Gasteiger charge is -2.21. The molecule has 2 saturated carbocycles. The van der Waals surface area contributed by atoms with Gasteiger partial charge in [-0.2, -0.15) is 0 Å². The molecule has 0 unspecified atom stereocenters. The molecule has 1 N–H and O–H groups in total. The maximum Gasteiger partial charge on any atom is 0.224 e. The summed E-state index contributed by atoms with van der Waals surface area (Å²) in [6, 6.07) is 5.53. The van der Waals surface area contributed by atoms with Gasteiger partial charge in [0, 0.05) is 10.9 Å². The van der Waals surface area contributed by atoms with Crippen molar-refractivity contribution in [2.45, 2.75) is 32.1 Å². The van der Waals surface area contributed by atoms with Gasteiger partial charge in [0.1, 0.15) is 0 Å². The molecule has 1 aromatic rings. The normalized spacial score (nSPS) is 28.6. The predicted octanol–water partition coefficient (Wildman–Crippen LogP) is 4.87. The Labute approximate surface area is 127 Å². The molecule has 3 atom stereocenters. The van der Waals surface area contributed by atoms with E-state index in [1.165, 1.54) is 25.7 Å². The number of benzene rings is 1. The van der Waals surface area contributed by atoms with Crippen LogP contribution in [0.1, 0.15) is 32.1 Å². The molecule has 19 heavy (non-hydrogen) atoms. The van der Waals surface area contributed by atoms with Crippen LogP contribution in [0.4, 0.5) is 5.69 Å². The van der Waals surface area contributed by atoms with Crippen molar-refractivity contribution < 1.29 is 4.79 Å². The number of amides is 1.